The van der Waals surface area contributed by atoms with Gasteiger partial charge in [0, 0.05) is 30.6 Å². The summed E-state index contributed by atoms with van der Waals surface area (Å²) in [5.74, 6) is -0.539. The second kappa shape index (κ2) is 13.3. The molecule has 2 aliphatic rings. The first kappa shape index (κ1) is 30.4. The van der Waals surface area contributed by atoms with Crippen LogP contribution in [0, 0.1) is 11.7 Å². The highest BCUT2D eigenvalue weighted by Crippen LogP contribution is 2.37. The Kier molecular flexibility index (Phi) is 10.6. The van der Waals surface area contributed by atoms with Crippen molar-refractivity contribution >= 4 is 58.8 Å². The van der Waals surface area contributed by atoms with Gasteiger partial charge in [0.05, 0.1) is 21.8 Å². The molecule has 1 saturated carbocycles. The third-order valence-corrected chi connectivity index (χ3v) is 8.04. The van der Waals surface area contributed by atoms with Crippen LogP contribution in [0.1, 0.15) is 62.2 Å². The summed E-state index contributed by atoms with van der Waals surface area (Å²) in [6, 6.07) is 8.76. The molecule has 0 bridgehead atoms. The van der Waals surface area contributed by atoms with E-state index in [9.17, 15) is 14.3 Å². The predicted octanol–water partition coefficient (Wildman–Crippen LogP) is 7.90. The van der Waals surface area contributed by atoms with Crippen LogP contribution in [0.2, 0.25) is 5.02 Å². The van der Waals surface area contributed by atoms with Gasteiger partial charge in [0.2, 0.25) is 0 Å². The van der Waals surface area contributed by atoms with Crippen LogP contribution in [-0.2, 0) is 0 Å². The number of hydrogen-bond acceptors (Lipinski definition) is 5. The zero-order chi connectivity index (χ0) is 25.2. The number of halogens is 4. The fraction of sp³-hybridized carbons (Fsp3) is 0.448. The second-order valence-electron chi connectivity index (χ2n) is 10.2. The van der Waals surface area contributed by atoms with Gasteiger partial charge in [0.25, 0.3) is 0 Å². The quantitative estimate of drug-likeness (QED) is 0.277. The van der Waals surface area contributed by atoms with Crippen molar-refractivity contribution in [2.45, 2.75) is 57.9 Å². The average Bonchev–Trinajstić information content (AvgIpc) is 3.40. The lowest BCUT2D eigenvalue weighted by Crippen LogP contribution is -2.33. The number of phenols is 1. The number of aromatic hydroxyl groups is 1. The lowest BCUT2D eigenvalue weighted by atomic mass is 9.85. The molecule has 1 aromatic heterocycles. The zero-order valence-corrected chi connectivity index (χ0v) is 23.9. The van der Waals surface area contributed by atoms with Crippen molar-refractivity contribution in [1.29, 1.82) is 0 Å². The summed E-state index contributed by atoms with van der Waals surface area (Å²) in [4.78, 5) is 20.0. The fourth-order valence-corrected chi connectivity index (χ4v) is 5.89. The number of aromatic nitrogens is 1. The van der Waals surface area contributed by atoms with E-state index in [1.54, 1.807) is 12.3 Å². The molecule has 2 heterocycles. The van der Waals surface area contributed by atoms with Gasteiger partial charge in [-0.25, -0.2) is 4.39 Å². The van der Waals surface area contributed by atoms with E-state index in [1.165, 1.54) is 51.4 Å². The third-order valence-electron chi connectivity index (χ3n) is 7.75. The molecule has 1 aliphatic carbocycles. The molecule has 1 aliphatic heterocycles. The molecule has 5 rings (SSSR count). The van der Waals surface area contributed by atoms with Crippen molar-refractivity contribution in [2.24, 2.45) is 5.92 Å². The Hall–Kier alpha value is -2.12. The number of nitrogens with zero attached hydrogens (tertiary/aromatic N) is 2. The molecular weight excluding hydrogens is 548 g/mol. The molecule has 2 fully saturated rings. The normalized spacial score (nSPS) is 19.6. The SMILES string of the molecule is CCC(=O)c1cnc2ccc(-c3cc(F)c(O)c(Cl)c3)cc2c1N[C@H]1CC[C@H](CN2CCCC2)CC1.Cl.Cl. The summed E-state index contributed by atoms with van der Waals surface area (Å²) < 4.78 is 14.2. The van der Waals surface area contributed by atoms with Gasteiger partial charge < -0.3 is 15.3 Å². The highest BCUT2D eigenvalue weighted by Gasteiger charge is 2.26. The summed E-state index contributed by atoms with van der Waals surface area (Å²) in [6.45, 7) is 5.54. The number of phenolic OH excluding ortho intramolecular Hbond substituents is 1. The summed E-state index contributed by atoms with van der Waals surface area (Å²) in [5.41, 5.74) is 3.46. The maximum absolute atomic E-state index is 14.2. The van der Waals surface area contributed by atoms with Crippen LogP contribution in [0.15, 0.2) is 36.5 Å². The molecular formula is C29H35Cl3FN3O2. The largest absolute Gasteiger partial charge is 0.504 e. The van der Waals surface area contributed by atoms with Gasteiger partial charge in [-0.1, -0.05) is 24.6 Å². The maximum atomic E-state index is 14.2. The molecule has 38 heavy (non-hydrogen) atoms. The van der Waals surface area contributed by atoms with E-state index in [0.717, 1.165) is 40.9 Å². The van der Waals surface area contributed by atoms with Crippen molar-refractivity contribution in [3.8, 4) is 16.9 Å². The Morgan fingerprint density at radius 2 is 1.82 bits per heavy atom. The number of carbonyl (C=O) groups is 1. The van der Waals surface area contributed by atoms with Gasteiger partial charge in [-0.2, -0.15) is 0 Å². The van der Waals surface area contributed by atoms with Crippen LogP contribution in [0.25, 0.3) is 22.0 Å². The van der Waals surface area contributed by atoms with Crippen LogP contribution >= 0.6 is 36.4 Å². The number of carbonyl (C=O) groups excluding carboxylic acids is 1. The number of rotatable bonds is 7. The van der Waals surface area contributed by atoms with E-state index < -0.39 is 11.6 Å². The number of hydrogen-bond donors (Lipinski definition) is 2. The number of fused-ring (bicyclic) bond motifs is 1. The number of nitrogens with one attached hydrogen (secondary N) is 1. The number of Topliss-reactive ketones (excluding diaryl/α,β-unsaturated/α-hetero) is 1. The van der Waals surface area contributed by atoms with Gasteiger partial charge in [0.1, 0.15) is 0 Å². The first-order valence-corrected chi connectivity index (χ1v) is 13.4. The first-order valence-electron chi connectivity index (χ1n) is 13.1. The van der Waals surface area contributed by atoms with E-state index in [4.69, 9.17) is 11.6 Å². The molecule has 0 atom stereocenters. The Bertz CT molecular complexity index is 1250. The highest BCUT2D eigenvalue weighted by atomic mass is 35.5. The molecule has 206 valence electrons. The molecule has 0 radical (unpaired) electrons. The molecule has 0 spiro atoms. The zero-order valence-electron chi connectivity index (χ0n) is 21.5. The van der Waals surface area contributed by atoms with E-state index in [-0.39, 0.29) is 41.7 Å². The maximum Gasteiger partial charge on any atom is 0.170 e. The van der Waals surface area contributed by atoms with Crippen molar-refractivity contribution in [3.63, 3.8) is 0 Å². The van der Waals surface area contributed by atoms with Gasteiger partial charge in [-0.3, -0.25) is 9.78 Å². The van der Waals surface area contributed by atoms with Crippen LogP contribution in [0.4, 0.5) is 10.1 Å². The van der Waals surface area contributed by atoms with Crippen LogP contribution < -0.4 is 5.32 Å². The van der Waals surface area contributed by atoms with E-state index >= 15 is 0 Å². The van der Waals surface area contributed by atoms with Crippen LogP contribution in [0.3, 0.4) is 0 Å². The molecule has 5 nitrogen and oxygen atoms in total. The second-order valence-corrected chi connectivity index (χ2v) is 10.6. The Balaban J connectivity index is 0.00000200. The fourth-order valence-electron chi connectivity index (χ4n) is 5.69. The highest BCUT2D eigenvalue weighted by molar-refractivity contribution is 6.32. The van der Waals surface area contributed by atoms with Crippen LogP contribution in [-0.4, -0.2) is 46.4 Å². The minimum absolute atomic E-state index is 0. The lowest BCUT2D eigenvalue weighted by molar-refractivity contribution is 0.0988. The molecule has 2 N–H and O–H groups in total. The molecule has 0 unspecified atom stereocenters. The van der Waals surface area contributed by atoms with E-state index in [0.29, 0.717) is 17.5 Å². The van der Waals surface area contributed by atoms with Crippen molar-refractivity contribution < 1.29 is 14.3 Å². The van der Waals surface area contributed by atoms with Gasteiger partial charge in [0.15, 0.2) is 17.3 Å². The molecule has 9 heteroatoms. The minimum Gasteiger partial charge on any atom is -0.504 e. The number of anilines is 1. The van der Waals surface area contributed by atoms with E-state index in [2.05, 4.69) is 15.2 Å². The van der Waals surface area contributed by atoms with Crippen molar-refractivity contribution in [2.75, 3.05) is 25.0 Å². The van der Waals surface area contributed by atoms with Gasteiger partial charge in [-0.05, 0) is 92.9 Å². The predicted molar refractivity (Wildman–Crippen MR) is 158 cm³/mol. The monoisotopic (exact) mass is 581 g/mol. The summed E-state index contributed by atoms with van der Waals surface area (Å²) in [6.07, 6.45) is 9.22. The number of likely N-dealkylation sites (tertiary alicyclic amines) is 1. The summed E-state index contributed by atoms with van der Waals surface area (Å²) in [7, 11) is 0. The topological polar surface area (TPSA) is 65.5 Å². The Morgan fingerprint density at radius 3 is 2.47 bits per heavy atom. The minimum atomic E-state index is -0.769. The smallest absolute Gasteiger partial charge is 0.170 e. The van der Waals surface area contributed by atoms with Gasteiger partial charge in [-0.15, -0.1) is 24.8 Å². The average molecular weight is 583 g/mol. The number of pyridine rings is 1. The molecule has 0 amide bonds. The number of benzene rings is 2. The Labute approximate surface area is 241 Å². The van der Waals surface area contributed by atoms with Crippen molar-refractivity contribution in [3.05, 3.63) is 52.9 Å². The molecule has 3 aromatic rings. The van der Waals surface area contributed by atoms with E-state index in [1.807, 2.05) is 25.1 Å². The molecule has 2 aromatic carbocycles. The van der Waals surface area contributed by atoms with Gasteiger partial charge >= 0.3 is 0 Å². The van der Waals surface area contributed by atoms with Crippen LogP contribution in [0.5, 0.6) is 5.75 Å². The molecule has 1 saturated heterocycles. The Morgan fingerprint density at radius 1 is 1.11 bits per heavy atom. The number of ketones is 1. The summed E-state index contributed by atoms with van der Waals surface area (Å²) in [5, 5.41) is 14.2. The third kappa shape index (κ3) is 6.53. The first-order chi connectivity index (χ1) is 17.4. The lowest BCUT2D eigenvalue weighted by Gasteiger charge is -2.32. The summed E-state index contributed by atoms with van der Waals surface area (Å²) >= 11 is 6.04. The standard InChI is InChI=1S/C29H33ClFN3O2.2ClH/c1-2-27(35)23-16-32-26-10-7-19(20-14-24(30)29(36)25(31)15-20)13-22(26)28(23)33-21-8-5-18(6-9-21)17-34-11-3-4-12-34;;/h7,10,13-16,18,21,36H,2-6,8-9,11-12,17H2,1H3,(H,32,33);2*1H/t18-,21-;;. The van der Waals surface area contributed by atoms with Crippen molar-refractivity contribution in [1.82, 2.24) is 9.88 Å².